The van der Waals surface area contributed by atoms with E-state index in [-0.39, 0.29) is 24.1 Å². The Morgan fingerprint density at radius 2 is 2.33 bits per heavy atom. The molecule has 1 saturated carbocycles. The third kappa shape index (κ3) is 2.61. The number of carbonyl (C=O) groups is 1. The van der Waals surface area contributed by atoms with E-state index in [9.17, 15) is 4.79 Å². The lowest BCUT2D eigenvalue weighted by Gasteiger charge is -2.52. The van der Waals surface area contributed by atoms with Gasteiger partial charge in [0.2, 0.25) is 0 Å². The van der Waals surface area contributed by atoms with E-state index in [1.54, 1.807) is 26.4 Å². The number of pyridine rings is 1. The Morgan fingerprint density at radius 3 is 3.10 bits per heavy atom. The first-order valence-electron chi connectivity index (χ1n) is 7.39. The first-order chi connectivity index (χ1) is 10.1. The molecule has 6 heteroatoms. The molecule has 1 aliphatic heterocycles. The number of aromatic nitrogens is 1. The van der Waals surface area contributed by atoms with Gasteiger partial charge in [0.15, 0.2) is 0 Å². The van der Waals surface area contributed by atoms with Gasteiger partial charge in [-0.3, -0.25) is 9.78 Å². The second kappa shape index (κ2) is 5.61. The maximum Gasteiger partial charge on any atom is 0.272 e. The molecule has 0 aromatic carbocycles. The number of rotatable bonds is 3. The monoisotopic (exact) mass is 290 g/mol. The number of nitrogens with one attached hydrogen (secondary N) is 1. The molecule has 1 aromatic rings. The highest BCUT2D eigenvalue weighted by Gasteiger charge is 2.50. The summed E-state index contributed by atoms with van der Waals surface area (Å²) in [6.45, 7) is 0.812. The minimum Gasteiger partial charge on any atom is -0.378 e. The number of amides is 1. The Balaban J connectivity index is 1.71. The van der Waals surface area contributed by atoms with Gasteiger partial charge in [-0.05, 0) is 25.0 Å². The lowest BCUT2D eigenvalue weighted by atomic mass is 9.68. The smallest absolute Gasteiger partial charge is 0.272 e. The quantitative estimate of drug-likeness (QED) is 0.856. The average Bonchev–Trinajstić information content (AvgIpc) is 2.51. The van der Waals surface area contributed by atoms with Crippen molar-refractivity contribution in [2.75, 3.05) is 26.0 Å². The van der Waals surface area contributed by atoms with E-state index < -0.39 is 0 Å². The van der Waals surface area contributed by atoms with Gasteiger partial charge in [-0.2, -0.15) is 0 Å². The van der Waals surface area contributed by atoms with Crippen LogP contribution in [0.4, 0.5) is 5.69 Å². The molecule has 1 aromatic heterocycles. The van der Waals surface area contributed by atoms with Crippen LogP contribution in [0, 0.1) is 5.92 Å². The fourth-order valence-electron chi connectivity index (χ4n) is 3.18. The molecule has 0 radical (unpaired) electrons. The summed E-state index contributed by atoms with van der Waals surface area (Å²) >= 11 is 0. The Hall–Kier alpha value is -1.66. The van der Waals surface area contributed by atoms with Gasteiger partial charge in [-0.25, -0.2) is 0 Å². The molecule has 1 amide bonds. The Labute approximate surface area is 124 Å². The van der Waals surface area contributed by atoms with Gasteiger partial charge in [-0.15, -0.1) is 0 Å². The van der Waals surface area contributed by atoms with Crippen LogP contribution in [0.15, 0.2) is 18.3 Å². The molecule has 2 aliphatic rings. The second-order valence-electron chi connectivity index (χ2n) is 6.02. The van der Waals surface area contributed by atoms with Crippen LogP contribution < -0.4 is 11.1 Å². The highest BCUT2D eigenvalue weighted by molar-refractivity contribution is 5.92. The molecule has 4 unspecified atom stereocenters. The Bertz CT molecular complexity index is 534. The summed E-state index contributed by atoms with van der Waals surface area (Å²) in [6, 6.07) is 3.84. The van der Waals surface area contributed by atoms with Gasteiger partial charge in [0.05, 0.1) is 12.1 Å². The maximum atomic E-state index is 11.9. The number of nitrogens with zero attached hydrogens (tertiary/aromatic N) is 2. The largest absolute Gasteiger partial charge is 0.378 e. The van der Waals surface area contributed by atoms with E-state index in [4.69, 9.17) is 10.5 Å². The number of fused-ring (bicyclic) bond motifs is 1. The molecular formula is C15H22N4O2. The normalized spacial score (nSPS) is 31.0. The summed E-state index contributed by atoms with van der Waals surface area (Å²) < 4.78 is 5.81. The van der Waals surface area contributed by atoms with E-state index in [2.05, 4.69) is 10.3 Å². The molecule has 21 heavy (non-hydrogen) atoms. The lowest BCUT2D eigenvalue weighted by molar-refractivity contribution is -0.104. The molecule has 1 saturated heterocycles. The van der Waals surface area contributed by atoms with E-state index in [0.29, 0.717) is 11.6 Å². The topological polar surface area (TPSA) is 80.5 Å². The molecule has 4 atom stereocenters. The molecule has 3 N–H and O–H groups in total. The van der Waals surface area contributed by atoms with Crippen LogP contribution in [0.1, 0.15) is 23.3 Å². The number of ether oxygens (including phenoxy) is 1. The number of hydrogen-bond donors (Lipinski definition) is 2. The zero-order valence-electron chi connectivity index (χ0n) is 12.5. The average molecular weight is 290 g/mol. The predicted octanol–water partition coefficient (Wildman–Crippen LogP) is 0.700. The van der Waals surface area contributed by atoms with E-state index in [1.807, 2.05) is 6.07 Å². The molecule has 0 bridgehead atoms. The second-order valence-corrected chi connectivity index (χ2v) is 6.02. The van der Waals surface area contributed by atoms with Crippen molar-refractivity contribution in [2.45, 2.75) is 31.0 Å². The van der Waals surface area contributed by atoms with Crippen LogP contribution in [0.25, 0.3) is 0 Å². The van der Waals surface area contributed by atoms with Gasteiger partial charge >= 0.3 is 0 Å². The van der Waals surface area contributed by atoms with E-state index in [0.717, 1.165) is 25.1 Å². The number of hydrogen-bond acceptors (Lipinski definition) is 5. The third-order valence-corrected chi connectivity index (χ3v) is 4.40. The maximum absolute atomic E-state index is 11.9. The minimum absolute atomic E-state index is 0.108. The van der Waals surface area contributed by atoms with Crippen molar-refractivity contribution in [1.29, 1.82) is 0 Å². The highest BCUT2D eigenvalue weighted by Crippen LogP contribution is 2.38. The molecule has 3 rings (SSSR count). The predicted molar refractivity (Wildman–Crippen MR) is 80.1 cm³/mol. The summed E-state index contributed by atoms with van der Waals surface area (Å²) in [5.41, 5.74) is 7.53. The van der Waals surface area contributed by atoms with Crippen LogP contribution in [-0.2, 0) is 4.74 Å². The van der Waals surface area contributed by atoms with Crippen LogP contribution in [-0.4, -0.2) is 54.7 Å². The number of nitrogens with two attached hydrogens (primary N) is 1. The van der Waals surface area contributed by atoms with Crippen LogP contribution >= 0.6 is 0 Å². The SMILES string of the molecule is CN(C)C(=O)c1cc(NC2C(N)C3CCCOC32)ccn1. The van der Waals surface area contributed by atoms with Crippen LogP contribution in [0.5, 0.6) is 0 Å². The number of carbonyl (C=O) groups excluding carboxylic acids is 1. The van der Waals surface area contributed by atoms with Crippen molar-refractivity contribution in [2.24, 2.45) is 11.7 Å². The van der Waals surface area contributed by atoms with E-state index in [1.165, 1.54) is 4.90 Å². The van der Waals surface area contributed by atoms with Crippen LogP contribution in [0.2, 0.25) is 0 Å². The standard InChI is InChI=1S/C15H22N4O2/c1-19(2)15(20)11-8-9(5-6-17-11)18-13-12(16)10-4-3-7-21-14(10)13/h5-6,8,10,12-14H,3-4,7,16H2,1-2H3,(H,17,18). The number of anilines is 1. The van der Waals surface area contributed by atoms with Gasteiger partial charge in [0.25, 0.3) is 5.91 Å². The molecule has 6 nitrogen and oxygen atoms in total. The van der Waals surface area contributed by atoms with Crippen molar-refractivity contribution in [3.63, 3.8) is 0 Å². The molecule has 114 valence electrons. The fourth-order valence-corrected chi connectivity index (χ4v) is 3.18. The first kappa shape index (κ1) is 14.3. The van der Waals surface area contributed by atoms with Gasteiger partial charge in [-0.1, -0.05) is 0 Å². The van der Waals surface area contributed by atoms with Gasteiger partial charge < -0.3 is 20.7 Å². The van der Waals surface area contributed by atoms with Crippen LogP contribution in [0.3, 0.4) is 0 Å². The zero-order valence-corrected chi connectivity index (χ0v) is 12.5. The minimum atomic E-state index is -0.108. The summed E-state index contributed by atoms with van der Waals surface area (Å²) in [6.07, 6.45) is 4.07. The first-order valence-corrected chi connectivity index (χ1v) is 7.39. The third-order valence-electron chi connectivity index (χ3n) is 4.40. The fraction of sp³-hybridized carbons (Fsp3) is 0.600. The van der Waals surface area contributed by atoms with Gasteiger partial charge in [0, 0.05) is 44.5 Å². The molecule has 1 aliphatic carbocycles. The van der Waals surface area contributed by atoms with Crippen molar-refractivity contribution in [3.05, 3.63) is 24.0 Å². The molecule has 2 heterocycles. The van der Waals surface area contributed by atoms with Crippen molar-refractivity contribution >= 4 is 11.6 Å². The lowest BCUT2D eigenvalue weighted by Crippen LogP contribution is -2.69. The summed E-state index contributed by atoms with van der Waals surface area (Å²) in [5.74, 6) is 0.351. The highest BCUT2D eigenvalue weighted by atomic mass is 16.5. The summed E-state index contributed by atoms with van der Waals surface area (Å²) in [5, 5.41) is 3.40. The van der Waals surface area contributed by atoms with Crippen molar-refractivity contribution < 1.29 is 9.53 Å². The van der Waals surface area contributed by atoms with Crippen molar-refractivity contribution in [1.82, 2.24) is 9.88 Å². The van der Waals surface area contributed by atoms with E-state index >= 15 is 0 Å². The Morgan fingerprint density at radius 1 is 1.52 bits per heavy atom. The summed E-state index contributed by atoms with van der Waals surface area (Å²) in [4.78, 5) is 17.6. The van der Waals surface area contributed by atoms with Gasteiger partial charge in [0.1, 0.15) is 5.69 Å². The van der Waals surface area contributed by atoms with Crippen molar-refractivity contribution in [3.8, 4) is 0 Å². The zero-order chi connectivity index (χ0) is 15.0. The molecule has 0 spiro atoms. The Kier molecular flexibility index (Phi) is 3.82. The molecular weight excluding hydrogens is 268 g/mol. The molecule has 2 fully saturated rings. The summed E-state index contributed by atoms with van der Waals surface area (Å²) in [7, 11) is 3.43.